The zero-order chi connectivity index (χ0) is 21.1. The van der Waals surface area contributed by atoms with Crippen molar-refractivity contribution in [2.75, 3.05) is 5.32 Å². The van der Waals surface area contributed by atoms with E-state index in [0.29, 0.717) is 11.3 Å². The predicted molar refractivity (Wildman–Crippen MR) is 119 cm³/mol. The van der Waals surface area contributed by atoms with Gasteiger partial charge in [0.05, 0.1) is 11.3 Å². The molecule has 0 aliphatic heterocycles. The van der Waals surface area contributed by atoms with Gasteiger partial charge in [0.2, 0.25) is 0 Å². The zero-order valence-electron chi connectivity index (χ0n) is 17.7. The first-order chi connectivity index (χ1) is 14.0. The van der Waals surface area contributed by atoms with Gasteiger partial charge in [0, 0.05) is 5.56 Å². The lowest BCUT2D eigenvalue weighted by atomic mass is 10.0. The normalized spacial score (nSPS) is 10.7. The molecule has 0 fully saturated rings. The average Bonchev–Trinajstić information content (AvgIpc) is 2.71. The Labute approximate surface area is 174 Å². The second-order valence-corrected chi connectivity index (χ2v) is 7.73. The lowest BCUT2D eigenvalue weighted by molar-refractivity contribution is 0.0698. The molecule has 29 heavy (non-hydrogen) atoms. The molecule has 0 saturated heterocycles. The number of aryl methyl sites for hydroxylation is 2. The third-order valence-corrected chi connectivity index (χ3v) is 5.19. The molecule has 1 amide bonds. The Morgan fingerprint density at radius 3 is 2.10 bits per heavy atom. The van der Waals surface area contributed by atoms with Gasteiger partial charge in [-0.2, -0.15) is 0 Å². The van der Waals surface area contributed by atoms with Crippen molar-refractivity contribution < 1.29 is 14.7 Å². The molecule has 0 bridgehead atoms. The number of carbonyl (C=O) groups excluding carboxylic acids is 1. The highest BCUT2D eigenvalue weighted by molar-refractivity contribution is 6.07. The van der Waals surface area contributed by atoms with Crippen LogP contribution in [-0.4, -0.2) is 17.0 Å². The molecule has 0 saturated carbocycles. The lowest BCUT2D eigenvalue weighted by Gasteiger charge is -2.10. The fourth-order valence-corrected chi connectivity index (χ4v) is 3.42. The molecule has 156 valence electrons. The Hall–Kier alpha value is -2.62. The highest BCUT2D eigenvalue weighted by atomic mass is 16.4. The monoisotopic (exact) mass is 395 g/mol. The number of benzene rings is 2. The topological polar surface area (TPSA) is 66.4 Å². The molecule has 0 spiro atoms. The van der Waals surface area contributed by atoms with Crippen molar-refractivity contribution >= 4 is 17.6 Å². The molecular weight excluding hydrogens is 362 g/mol. The maximum Gasteiger partial charge on any atom is 0.337 e. The summed E-state index contributed by atoms with van der Waals surface area (Å²) < 4.78 is 0. The average molecular weight is 396 g/mol. The Bertz CT molecular complexity index is 796. The largest absolute Gasteiger partial charge is 0.478 e. The van der Waals surface area contributed by atoms with Crippen LogP contribution >= 0.6 is 0 Å². The summed E-state index contributed by atoms with van der Waals surface area (Å²) >= 11 is 0. The second-order valence-electron chi connectivity index (χ2n) is 7.73. The minimum absolute atomic E-state index is 0.102. The predicted octanol–water partition coefficient (Wildman–Crippen LogP) is 6.63. The zero-order valence-corrected chi connectivity index (χ0v) is 17.7. The van der Waals surface area contributed by atoms with Gasteiger partial charge >= 0.3 is 5.97 Å². The fourth-order valence-electron chi connectivity index (χ4n) is 3.42. The summed E-state index contributed by atoms with van der Waals surface area (Å²) in [5.74, 6) is -1.35. The molecule has 0 atom stereocenters. The van der Waals surface area contributed by atoms with E-state index in [1.165, 1.54) is 56.9 Å². The first-order valence-electron chi connectivity index (χ1n) is 10.8. The van der Waals surface area contributed by atoms with Crippen LogP contribution in [0, 0.1) is 6.92 Å². The number of amides is 1. The molecule has 0 heterocycles. The van der Waals surface area contributed by atoms with Gasteiger partial charge in [-0.3, -0.25) is 4.79 Å². The van der Waals surface area contributed by atoms with Crippen LogP contribution in [-0.2, 0) is 6.42 Å². The molecule has 0 aliphatic carbocycles. The molecule has 2 N–H and O–H groups in total. The molecule has 4 heteroatoms. The van der Waals surface area contributed by atoms with Gasteiger partial charge in [-0.25, -0.2) is 4.79 Å². The van der Waals surface area contributed by atoms with Crippen molar-refractivity contribution in [2.45, 2.75) is 71.6 Å². The first-order valence-corrected chi connectivity index (χ1v) is 10.8. The van der Waals surface area contributed by atoms with E-state index in [1.54, 1.807) is 18.2 Å². The first kappa shape index (κ1) is 22.7. The van der Waals surface area contributed by atoms with Crippen LogP contribution in [0.15, 0.2) is 42.5 Å². The Kier molecular flexibility index (Phi) is 9.42. The van der Waals surface area contributed by atoms with E-state index in [9.17, 15) is 14.7 Å². The summed E-state index contributed by atoms with van der Waals surface area (Å²) in [4.78, 5) is 23.9. The number of hydrogen-bond acceptors (Lipinski definition) is 2. The maximum atomic E-state index is 12.5. The molecule has 0 aromatic heterocycles. The smallest absolute Gasteiger partial charge is 0.337 e. The number of nitrogens with one attached hydrogen (secondary N) is 1. The van der Waals surface area contributed by atoms with Crippen LogP contribution in [0.5, 0.6) is 0 Å². The third-order valence-electron chi connectivity index (χ3n) is 5.19. The lowest BCUT2D eigenvalue weighted by Crippen LogP contribution is -2.15. The Balaban J connectivity index is 1.81. The van der Waals surface area contributed by atoms with Gasteiger partial charge < -0.3 is 10.4 Å². The van der Waals surface area contributed by atoms with Gasteiger partial charge in [-0.15, -0.1) is 0 Å². The van der Waals surface area contributed by atoms with E-state index >= 15 is 0 Å². The van der Waals surface area contributed by atoms with Gasteiger partial charge in [0.15, 0.2) is 0 Å². The van der Waals surface area contributed by atoms with Gasteiger partial charge in [0.1, 0.15) is 0 Å². The number of anilines is 1. The van der Waals surface area contributed by atoms with Crippen LogP contribution < -0.4 is 5.32 Å². The SMILES string of the molecule is CCCCCCCCCCc1ccc(C(=O)Nc2ccc(C)cc2C(=O)O)cc1. The van der Waals surface area contributed by atoms with Crippen LogP contribution in [0.25, 0.3) is 0 Å². The molecule has 2 aromatic rings. The van der Waals surface area contributed by atoms with Crippen LogP contribution in [0.2, 0.25) is 0 Å². The molecule has 0 unspecified atom stereocenters. The standard InChI is InChI=1S/C25H33NO3/c1-3-4-5-6-7-8-9-10-11-20-13-15-21(16-14-20)24(27)26-23-17-12-19(2)18-22(23)25(28)29/h12-18H,3-11H2,1-2H3,(H,26,27)(H,28,29). The molecule has 0 radical (unpaired) electrons. The van der Waals surface area contributed by atoms with Crippen LogP contribution in [0.3, 0.4) is 0 Å². The summed E-state index contributed by atoms with van der Waals surface area (Å²) in [5.41, 5.74) is 3.02. The molecule has 2 rings (SSSR count). The molecule has 0 aliphatic rings. The van der Waals surface area contributed by atoms with Gasteiger partial charge in [0.25, 0.3) is 5.91 Å². The summed E-state index contributed by atoms with van der Waals surface area (Å²) in [6, 6.07) is 12.6. The van der Waals surface area contributed by atoms with E-state index in [0.717, 1.165) is 12.0 Å². The minimum atomic E-state index is -1.05. The van der Waals surface area contributed by atoms with E-state index in [4.69, 9.17) is 0 Å². The fraction of sp³-hybridized carbons (Fsp3) is 0.440. The van der Waals surface area contributed by atoms with Crippen LogP contribution in [0.1, 0.15) is 90.1 Å². The highest BCUT2D eigenvalue weighted by Crippen LogP contribution is 2.19. The Morgan fingerprint density at radius 2 is 1.48 bits per heavy atom. The Morgan fingerprint density at radius 1 is 0.862 bits per heavy atom. The summed E-state index contributed by atoms with van der Waals surface area (Å²) in [5, 5.41) is 12.0. The molecular formula is C25H33NO3. The summed E-state index contributed by atoms with van der Waals surface area (Å²) in [6.07, 6.45) is 11.4. The minimum Gasteiger partial charge on any atom is -0.478 e. The van der Waals surface area contributed by atoms with E-state index in [1.807, 2.05) is 31.2 Å². The molecule has 4 nitrogen and oxygen atoms in total. The summed E-state index contributed by atoms with van der Waals surface area (Å²) in [7, 11) is 0. The molecule has 2 aromatic carbocycles. The van der Waals surface area contributed by atoms with E-state index in [2.05, 4.69) is 12.2 Å². The van der Waals surface area contributed by atoms with Crippen molar-refractivity contribution in [2.24, 2.45) is 0 Å². The van der Waals surface area contributed by atoms with Crippen molar-refractivity contribution in [1.29, 1.82) is 0 Å². The van der Waals surface area contributed by atoms with Crippen molar-refractivity contribution in [3.05, 3.63) is 64.7 Å². The number of carboxylic acids is 1. The quantitative estimate of drug-likeness (QED) is 0.396. The number of unbranched alkanes of at least 4 members (excludes halogenated alkanes) is 7. The van der Waals surface area contributed by atoms with E-state index < -0.39 is 5.97 Å². The van der Waals surface area contributed by atoms with Gasteiger partial charge in [-0.05, 0) is 49.6 Å². The van der Waals surface area contributed by atoms with E-state index in [-0.39, 0.29) is 11.5 Å². The number of carbonyl (C=O) groups is 2. The number of hydrogen-bond donors (Lipinski definition) is 2. The summed E-state index contributed by atoms with van der Waals surface area (Å²) in [6.45, 7) is 4.06. The number of aromatic carboxylic acids is 1. The number of carboxylic acid groups (broad SMARTS) is 1. The second kappa shape index (κ2) is 12.1. The van der Waals surface area contributed by atoms with Crippen LogP contribution in [0.4, 0.5) is 5.69 Å². The van der Waals surface area contributed by atoms with Crippen molar-refractivity contribution in [1.82, 2.24) is 0 Å². The van der Waals surface area contributed by atoms with Gasteiger partial charge in [-0.1, -0.05) is 75.6 Å². The van der Waals surface area contributed by atoms with Crippen molar-refractivity contribution in [3.8, 4) is 0 Å². The highest BCUT2D eigenvalue weighted by Gasteiger charge is 2.13. The third kappa shape index (κ3) is 7.72. The maximum absolute atomic E-state index is 12.5. The van der Waals surface area contributed by atoms with Crippen molar-refractivity contribution in [3.63, 3.8) is 0 Å². The number of rotatable bonds is 12.